The second kappa shape index (κ2) is 15.5. The van der Waals surface area contributed by atoms with Crippen molar-refractivity contribution in [1.82, 2.24) is 20.9 Å². The van der Waals surface area contributed by atoms with Crippen LogP contribution in [0, 0.1) is 0 Å². The number of ether oxygens (including phenoxy) is 1. The highest BCUT2D eigenvalue weighted by Gasteiger charge is 2.32. The summed E-state index contributed by atoms with van der Waals surface area (Å²) < 4.78 is 5.80. The molecule has 242 valence electrons. The molecule has 1 saturated heterocycles. The Hall–Kier alpha value is -4.70. The molecule has 2 aliphatic rings. The molecule has 1 fully saturated rings. The molecule has 10 heteroatoms. The first kappa shape index (κ1) is 32.7. The highest BCUT2D eigenvalue weighted by molar-refractivity contribution is 5.95. The van der Waals surface area contributed by atoms with Gasteiger partial charge in [0.25, 0.3) is 0 Å². The van der Waals surface area contributed by atoms with Gasteiger partial charge in [-0.2, -0.15) is 0 Å². The lowest BCUT2D eigenvalue weighted by molar-refractivity contribution is -0.131. The Morgan fingerprint density at radius 3 is 2.20 bits per heavy atom. The van der Waals surface area contributed by atoms with Gasteiger partial charge >= 0.3 is 12.1 Å². The number of fused-ring (bicyclic) bond motifs is 3. The van der Waals surface area contributed by atoms with E-state index in [1.807, 2.05) is 73.7 Å². The number of unbranched alkanes of at least 4 members (excludes halogenated alkanes) is 2. The number of amides is 5. The zero-order valence-corrected chi connectivity index (χ0v) is 26.2. The SMILES string of the molecule is C[C@H]1NC(=O)N[C@H]1CCCCCC(=O)NCCN(C(=O)OCC1c2ccccc2-c2ccccc21)C(=O)[C@@H](N)Cc1ccccc1. The van der Waals surface area contributed by atoms with Gasteiger partial charge in [-0.15, -0.1) is 0 Å². The van der Waals surface area contributed by atoms with E-state index < -0.39 is 18.0 Å². The van der Waals surface area contributed by atoms with E-state index in [0.717, 1.165) is 52.0 Å². The van der Waals surface area contributed by atoms with Gasteiger partial charge < -0.3 is 26.4 Å². The summed E-state index contributed by atoms with van der Waals surface area (Å²) in [7, 11) is 0. The quantitative estimate of drug-likeness (QED) is 0.195. The maximum Gasteiger partial charge on any atom is 0.416 e. The number of hydrogen-bond acceptors (Lipinski definition) is 6. The minimum absolute atomic E-state index is 0.0595. The fraction of sp³-hybridized carbons (Fsp3) is 0.389. The predicted molar refractivity (Wildman–Crippen MR) is 176 cm³/mol. The van der Waals surface area contributed by atoms with Gasteiger partial charge in [0, 0.05) is 31.5 Å². The monoisotopic (exact) mass is 625 g/mol. The van der Waals surface area contributed by atoms with Gasteiger partial charge in [0.05, 0.1) is 12.1 Å². The van der Waals surface area contributed by atoms with Crippen molar-refractivity contribution in [2.24, 2.45) is 5.73 Å². The Kier molecular flexibility index (Phi) is 11.0. The van der Waals surface area contributed by atoms with Gasteiger partial charge in [-0.3, -0.25) is 9.59 Å². The zero-order valence-electron chi connectivity index (χ0n) is 26.2. The van der Waals surface area contributed by atoms with Crippen LogP contribution in [0.2, 0.25) is 0 Å². The van der Waals surface area contributed by atoms with Crippen LogP contribution in [-0.4, -0.2) is 66.7 Å². The van der Waals surface area contributed by atoms with Crippen LogP contribution in [0.25, 0.3) is 11.1 Å². The fourth-order valence-corrected chi connectivity index (χ4v) is 6.31. The molecule has 46 heavy (non-hydrogen) atoms. The summed E-state index contributed by atoms with van der Waals surface area (Å²) in [5, 5.41) is 8.58. The molecule has 0 radical (unpaired) electrons. The van der Waals surface area contributed by atoms with Crippen LogP contribution in [0.5, 0.6) is 0 Å². The van der Waals surface area contributed by atoms with Gasteiger partial charge in [0.15, 0.2) is 0 Å². The van der Waals surface area contributed by atoms with Crippen molar-refractivity contribution in [2.75, 3.05) is 19.7 Å². The van der Waals surface area contributed by atoms with E-state index in [1.54, 1.807) is 0 Å². The standard InChI is InChI=1S/C36H43N5O5/c1-24-32(40-35(44)39-24)18-6-3-7-19-33(42)38-20-21-41(34(43)31(37)22-25-12-4-2-5-13-25)36(45)46-23-30-28-16-10-8-14-26(28)27-15-9-11-17-29(27)30/h2,4-5,8-17,24,30-32H,3,6-7,18-23,37H2,1H3,(H,38,42)(H2,39,40,44)/t24-,31+,32+/m1/s1. The Balaban J connectivity index is 1.15. The second-order valence-corrected chi connectivity index (χ2v) is 12.1. The number of nitrogens with zero attached hydrogens (tertiary/aromatic N) is 1. The predicted octanol–water partition coefficient (Wildman–Crippen LogP) is 4.47. The summed E-state index contributed by atoms with van der Waals surface area (Å²) in [6, 6.07) is 24.6. The average molecular weight is 626 g/mol. The summed E-state index contributed by atoms with van der Waals surface area (Å²) in [5.74, 6) is -0.869. The van der Waals surface area contributed by atoms with E-state index in [-0.39, 0.29) is 56.1 Å². The Morgan fingerprint density at radius 1 is 0.891 bits per heavy atom. The number of imide groups is 1. The molecule has 1 aliphatic heterocycles. The molecule has 0 unspecified atom stereocenters. The maximum atomic E-state index is 13.5. The normalized spacial score (nSPS) is 17.3. The van der Waals surface area contributed by atoms with E-state index in [9.17, 15) is 19.2 Å². The highest BCUT2D eigenvalue weighted by Crippen LogP contribution is 2.44. The van der Waals surface area contributed by atoms with Crippen LogP contribution in [0.15, 0.2) is 78.9 Å². The topological polar surface area (TPSA) is 143 Å². The van der Waals surface area contributed by atoms with E-state index in [0.29, 0.717) is 12.8 Å². The fourth-order valence-electron chi connectivity index (χ4n) is 6.31. The first-order valence-electron chi connectivity index (χ1n) is 16.1. The smallest absolute Gasteiger partial charge is 0.416 e. The number of benzene rings is 3. The molecule has 10 nitrogen and oxygen atoms in total. The summed E-state index contributed by atoms with van der Waals surface area (Å²) in [6.45, 7) is 2.07. The van der Waals surface area contributed by atoms with Crippen LogP contribution in [0.4, 0.5) is 9.59 Å². The second-order valence-electron chi connectivity index (χ2n) is 12.1. The van der Waals surface area contributed by atoms with Crippen LogP contribution in [0.1, 0.15) is 61.6 Å². The average Bonchev–Trinajstić information content (AvgIpc) is 3.56. The molecule has 0 spiro atoms. The van der Waals surface area contributed by atoms with E-state index >= 15 is 0 Å². The lowest BCUT2D eigenvalue weighted by atomic mass is 9.98. The number of urea groups is 1. The van der Waals surface area contributed by atoms with Gasteiger partial charge in [-0.1, -0.05) is 91.7 Å². The number of nitrogens with two attached hydrogens (primary N) is 1. The van der Waals surface area contributed by atoms with Crippen molar-refractivity contribution in [3.8, 4) is 11.1 Å². The van der Waals surface area contributed by atoms with E-state index in [4.69, 9.17) is 10.5 Å². The number of hydrogen-bond donors (Lipinski definition) is 4. The lowest BCUT2D eigenvalue weighted by Crippen LogP contribution is -2.50. The molecule has 5 amide bonds. The molecule has 5 N–H and O–H groups in total. The third-order valence-electron chi connectivity index (χ3n) is 8.79. The van der Waals surface area contributed by atoms with E-state index in [1.165, 1.54) is 0 Å². The Morgan fingerprint density at radius 2 is 1.54 bits per heavy atom. The van der Waals surface area contributed by atoms with Crippen LogP contribution < -0.4 is 21.7 Å². The minimum Gasteiger partial charge on any atom is -0.448 e. The molecule has 1 heterocycles. The molecule has 0 saturated carbocycles. The largest absolute Gasteiger partial charge is 0.448 e. The molecule has 3 atom stereocenters. The van der Waals surface area contributed by atoms with Crippen molar-refractivity contribution < 1.29 is 23.9 Å². The third kappa shape index (κ3) is 8.11. The van der Waals surface area contributed by atoms with E-state index in [2.05, 4.69) is 28.1 Å². The molecule has 0 bridgehead atoms. The maximum absolute atomic E-state index is 13.5. The summed E-state index contributed by atoms with van der Waals surface area (Å²) in [5.41, 5.74) is 11.5. The number of carbonyl (C=O) groups excluding carboxylic acids is 4. The van der Waals surface area contributed by atoms with Gasteiger partial charge in [0.2, 0.25) is 11.8 Å². The number of carbonyl (C=O) groups is 4. The van der Waals surface area contributed by atoms with Crippen molar-refractivity contribution in [1.29, 1.82) is 0 Å². The minimum atomic E-state index is -0.957. The van der Waals surface area contributed by atoms with Crippen LogP contribution in [0.3, 0.4) is 0 Å². The van der Waals surface area contributed by atoms with Crippen LogP contribution >= 0.6 is 0 Å². The third-order valence-corrected chi connectivity index (χ3v) is 8.79. The first-order chi connectivity index (χ1) is 22.3. The van der Waals surface area contributed by atoms with Crippen molar-refractivity contribution in [3.63, 3.8) is 0 Å². The van der Waals surface area contributed by atoms with Gasteiger partial charge in [-0.05, 0) is 54.0 Å². The molecular formula is C36H43N5O5. The molecule has 3 aromatic carbocycles. The molecule has 0 aromatic heterocycles. The van der Waals surface area contributed by atoms with Crippen LogP contribution in [-0.2, 0) is 20.7 Å². The molecule has 3 aromatic rings. The van der Waals surface area contributed by atoms with Crippen molar-refractivity contribution >= 4 is 23.9 Å². The lowest BCUT2D eigenvalue weighted by Gasteiger charge is -2.25. The first-order valence-corrected chi connectivity index (χ1v) is 16.1. The molecule has 1 aliphatic carbocycles. The Bertz CT molecular complexity index is 1480. The summed E-state index contributed by atoms with van der Waals surface area (Å²) >= 11 is 0. The zero-order chi connectivity index (χ0) is 32.5. The number of rotatable bonds is 14. The van der Waals surface area contributed by atoms with Crippen molar-refractivity contribution in [3.05, 3.63) is 95.6 Å². The van der Waals surface area contributed by atoms with Crippen molar-refractivity contribution in [2.45, 2.75) is 69.5 Å². The highest BCUT2D eigenvalue weighted by atomic mass is 16.6. The summed E-state index contributed by atoms with van der Waals surface area (Å²) in [6.07, 6.45) is 3.11. The molecule has 5 rings (SSSR count). The number of nitrogens with one attached hydrogen (secondary N) is 3. The van der Waals surface area contributed by atoms with Gasteiger partial charge in [-0.25, -0.2) is 14.5 Å². The van der Waals surface area contributed by atoms with Gasteiger partial charge in [0.1, 0.15) is 6.61 Å². The Labute approximate surface area is 270 Å². The summed E-state index contributed by atoms with van der Waals surface area (Å²) in [4.78, 5) is 52.0. The molecular weight excluding hydrogens is 582 g/mol.